The van der Waals surface area contributed by atoms with Gasteiger partial charge in [-0.05, 0) is 40.5 Å². The molecule has 4 nitrogen and oxygen atoms in total. The van der Waals surface area contributed by atoms with Crippen molar-refractivity contribution < 1.29 is 8.91 Å². The monoisotopic (exact) mass is 299 g/mol. The molecule has 0 amide bonds. The van der Waals surface area contributed by atoms with Crippen molar-refractivity contribution in [2.75, 3.05) is 0 Å². The number of halogens is 2. The molecule has 0 spiro atoms. The van der Waals surface area contributed by atoms with Crippen molar-refractivity contribution >= 4 is 15.9 Å². The third kappa shape index (κ3) is 2.53. The van der Waals surface area contributed by atoms with Crippen molar-refractivity contribution in [1.29, 1.82) is 0 Å². The molecule has 0 radical (unpaired) electrons. The van der Waals surface area contributed by atoms with E-state index < -0.39 is 0 Å². The third-order valence-corrected chi connectivity index (χ3v) is 3.03. The highest BCUT2D eigenvalue weighted by Gasteiger charge is 2.15. The topological polar surface area (TPSA) is 64.9 Å². The van der Waals surface area contributed by atoms with E-state index in [2.05, 4.69) is 26.1 Å². The van der Waals surface area contributed by atoms with E-state index >= 15 is 0 Å². The zero-order chi connectivity index (χ0) is 12.4. The first-order valence-electron chi connectivity index (χ1n) is 5.16. The number of nitrogens with zero attached hydrogens (tertiary/aromatic N) is 2. The SMILES string of the molecule is CCC(N)c1nc(-c2ccc(F)cc2Br)no1. The van der Waals surface area contributed by atoms with Gasteiger partial charge in [-0.3, -0.25) is 0 Å². The van der Waals surface area contributed by atoms with Crippen LogP contribution in [-0.4, -0.2) is 10.1 Å². The van der Waals surface area contributed by atoms with E-state index in [1.807, 2.05) is 6.92 Å². The van der Waals surface area contributed by atoms with E-state index in [0.29, 0.717) is 28.2 Å². The molecule has 1 heterocycles. The second kappa shape index (κ2) is 4.93. The summed E-state index contributed by atoms with van der Waals surface area (Å²) in [5.41, 5.74) is 6.45. The van der Waals surface area contributed by atoms with Gasteiger partial charge >= 0.3 is 0 Å². The van der Waals surface area contributed by atoms with Crippen LogP contribution < -0.4 is 5.73 Å². The Hall–Kier alpha value is -1.27. The molecule has 90 valence electrons. The summed E-state index contributed by atoms with van der Waals surface area (Å²) in [6, 6.07) is 4.02. The van der Waals surface area contributed by atoms with Crippen molar-refractivity contribution in [2.24, 2.45) is 5.73 Å². The van der Waals surface area contributed by atoms with Crippen LogP contribution in [0.5, 0.6) is 0 Å². The predicted octanol–water partition coefficient (Wildman–Crippen LogP) is 3.05. The van der Waals surface area contributed by atoms with Crippen molar-refractivity contribution in [1.82, 2.24) is 10.1 Å². The molecule has 1 atom stereocenters. The molecule has 0 saturated carbocycles. The molecule has 0 aliphatic rings. The van der Waals surface area contributed by atoms with Crippen molar-refractivity contribution in [3.05, 3.63) is 34.4 Å². The summed E-state index contributed by atoms with van der Waals surface area (Å²) < 4.78 is 18.6. The van der Waals surface area contributed by atoms with Crippen LogP contribution >= 0.6 is 15.9 Å². The largest absolute Gasteiger partial charge is 0.337 e. The lowest BCUT2D eigenvalue weighted by Crippen LogP contribution is -2.08. The van der Waals surface area contributed by atoms with E-state index in [0.717, 1.165) is 0 Å². The second-order valence-corrected chi connectivity index (χ2v) is 4.45. The Bertz CT molecular complexity index is 529. The maximum absolute atomic E-state index is 12.9. The predicted molar refractivity (Wildman–Crippen MR) is 64.6 cm³/mol. The molecule has 6 heteroatoms. The van der Waals surface area contributed by atoms with Crippen molar-refractivity contribution in [3.63, 3.8) is 0 Å². The van der Waals surface area contributed by atoms with Crippen LogP contribution in [0.15, 0.2) is 27.2 Å². The number of nitrogens with two attached hydrogens (primary N) is 1. The molecule has 0 fully saturated rings. The van der Waals surface area contributed by atoms with Crippen molar-refractivity contribution in [3.8, 4) is 11.4 Å². The van der Waals surface area contributed by atoms with Gasteiger partial charge in [-0.15, -0.1) is 0 Å². The Kier molecular flexibility index (Phi) is 3.54. The van der Waals surface area contributed by atoms with Gasteiger partial charge < -0.3 is 10.3 Å². The first kappa shape index (κ1) is 12.2. The molecule has 1 unspecified atom stereocenters. The van der Waals surface area contributed by atoms with E-state index in [4.69, 9.17) is 10.3 Å². The van der Waals surface area contributed by atoms with Gasteiger partial charge in [-0.25, -0.2) is 4.39 Å². The number of aromatic nitrogens is 2. The quantitative estimate of drug-likeness (QED) is 0.946. The third-order valence-electron chi connectivity index (χ3n) is 2.37. The minimum atomic E-state index is -0.324. The molecule has 1 aromatic heterocycles. The lowest BCUT2D eigenvalue weighted by Gasteiger charge is -2.00. The van der Waals surface area contributed by atoms with Gasteiger partial charge in [0.15, 0.2) is 0 Å². The van der Waals surface area contributed by atoms with Crippen LogP contribution in [0, 0.1) is 5.82 Å². The fraction of sp³-hybridized carbons (Fsp3) is 0.273. The van der Waals surface area contributed by atoms with Gasteiger partial charge in [0, 0.05) is 10.0 Å². The summed E-state index contributed by atoms with van der Waals surface area (Å²) in [5.74, 6) is 0.462. The van der Waals surface area contributed by atoms with Gasteiger partial charge in [-0.2, -0.15) is 4.98 Å². The molecule has 0 aliphatic carbocycles. The highest BCUT2D eigenvalue weighted by atomic mass is 79.9. The molecule has 17 heavy (non-hydrogen) atoms. The van der Waals surface area contributed by atoms with Crippen LogP contribution in [-0.2, 0) is 0 Å². The Labute approximate surface area is 106 Å². The summed E-state index contributed by atoms with van der Waals surface area (Å²) >= 11 is 3.25. The van der Waals surface area contributed by atoms with E-state index in [-0.39, 0.29) is 11.9 Å². The van der Waals surface area contributed by atoms with E-state index in [1.54, 1.807) is 6.07 Å². The van der Waals surface area contributed by atoms with Crippen LogP contribution in [0.25, 0.3) is 11.4 Å². The average molecular weight is 300 g/mol. The second-order valence-electron chi connectivity index (χ2n) is 3.60. The number of hydrogen-bond donors (Lipinski definition) is 1. The fourth-order valence-electron chi connectivity index (χ4n) is 1.34. The number of hydrogen-bond acceptors (Lipinski definition) is 4. The Morgan fingerprint density at radius 1 is 1.53 bits per heavy atom. The summed E-state index contributed by atoms with van der Waals surface area (Å²) in [6.45, 7) is 1.93. The number of benzene rings is 1. The van der Waals surface area contributed by atoms with Crippen LogP contribution in [0.1, 0.15) is 25.3 Å². The molecule has 0 aliphatic heterocycles. The van der Waals surface area contributed by atoms with Gasteiger partial charge in [0.1, 0.15) is 5.82 Å². The zero-order valence-electron chi connectivity index (χ0n) is 9.15. The minimum Gasteiger partial charge on any atom is -0.337 e. The summed E-state index contributed by atoms with van der Waals surface area (Å²) in [4.78, 5) is 4.19. The van der Waals surface area contributed by atoms with Gasteiger partial charge in [0.05, 0.1) is 6.04 Å². The standard InChI is InChI=1S/C11H11BrFN3O/c1-2-9(14)11-15-10(16-17-11)7-4-3-6(13)5-8(7)12/h3-5,9H,2,14H2,1H3. The fourth-order valence-corrected chi connectivity index (χ4v) is 1.87. The normalized spacial score (nSPS) is 12.7. The molecule has 0 saturated heterocycles. The molecule has 1 aromatic carbocycles. The van der Waals surface area contributed by atoms with Gasteiger partial charge in [-0.1, -0.05) is 12.1 Å². The first-order valence-corrected chi connectivity index (χ1v) is 5.95. The highest BCUT2D eigenvalue weighted by molar-refractivity contribution is 9.10. The van der Waals surface area contributed by atoms with Crippen LogP contribution in [0.4, 0.5) is 4.39 Å². The number of rotatable bonds is 3. The maximum atomic E-state index is 12.9. The Morgan fingerprint density at radius 2 is 2.29 bits per heavy atom. The lowest BCUT2D eigenvalue weighted by molar-refractivity contribution is 0.352. The highest BCUT2D eigenvalue weighted by Crippen LogP contribution is 2.27. The van der Waals surface area contributed by atoms with Crippen molar-refractivity contribution in [2.45, 2.75) is 19.4 Å². The van der Waals surface area contributed by atoms with Gasteiger partial charge in [0.25, 0.3) is 0 Å². The van der Waals surface area contributed by atoms with E-state index in [9.17, 15) is 4.39 Å². The lowest BCUT2D eigenvalue weighted by atomic mass is 10.2. The smallest absolute Gasteiger partial charge is 0.243 e. The average Bonchev–Trinajstić information content (AvgIpc) is 2.77. The maximum Gasteiger partial charge on any atom is 0.243 e. The van der Waals surface area contributed by atoms with E-state index in [1.165, 1.54) is 12.1 Å². The van der Waals surface area contributed by atoms with Gasteiger partial charge in [0.2, 0.25) is 11.7 Å². The molecule has 0 bridgehead atoms. The molecule has 2 N–H and O–H groups in total. The summed E-state index contributed by atoms with van der Waals surface area (Å²) in [5, 5.41) is 3.83. The first-order chi connectivity index (χ1) is 8.11. The Balaban J connectivity index is 2.37. The van der Waals surface area contributed by atoms with Crippen LogP contribution in [0.3, 0.4) is 0 Å². The summed E-state index contributed by atoms with van der Waals surface area (Å²) in [6.07, 6.45) is 0.715. The molecular formula is C11H11BrFN3O. The molecular weight excluding hydrogens is 289 g/mol. The Morgan fingerprint density at radius 3 is 2.94 bits per heavy atom. The molecule has 2 aromatic rings. The summed E-state index contributed by atoms with van der Waals surface area (Å²) in [7, 11) is 0. The minimum absolute atomic E-state index is 0.268. The van der Waals surface area contributed by atoms with Crippen LogP contribution in [0.2, 0.25) is 0 Å². The zero-order valence-corrected chi connectivity index (χ0v) is 10.7. The molecule has 2 rings (SSSR count).